The Morgan fingerprint density at radius 1 is 1.16 bits per heavy atom. The summed E-state index contributed by atoms with van der Waals surface area (Å²) in [6, 6.07) is 16.9. The van der Waals surface area contributed by atoms with Crippen LogP contribution in [0.5, 0.6) is 5.75 Å². The predicted molar refractivity (Wildman–Crippen MR) is 132 cm³/mol. The van der Waals surface area contributed by atoms with Crippen molar-refractivity contribution in [2.45, 2.75) is 40.2 Å². The lowest BCUT2D eigenvalue weighted by Gasteiger charge is -2.14. The standard InChI is InChI=1S/C28H29NO3/c1-6-18(3)29-26(30)13-17(2)23-15-24-25(16-32-28(24)19(4)27(23)31-5)22-12-11-20-9-7-8-10-21(20)14-22/h7-16,18H,6H2,1-5H3,(H,29,30)/b17-13+. The fourth-order valence-corrected chi connectivity index (χ4v) is 4.11. The van der Waals surface area contributed by atoms with Crippen molar-refractivity contribution in [3.63, 3.8) is 0 Å². The molecule has 4 rings (SSSR count). The van der Waals surface area contributed by atoms with E-state index in [0.717, 1.165) is 51.0 Å². The highest BCUT2D eigenvalue weighted by atomic mass is 16.5. The maximum atomic E-state index is 12.5. The maximum Gasteiger partial charge on any atom is 0.244 e. The summed E-state index contributed by atoms with van der Waals surface area (Å²) in [5, 5.41) is 6.38. The van der Waals surface area contributed by atoms with Crippen LogP contribution in [0.2, 0.25) is 0 Å². The maximum absolute atomic E-state index is 12.5. The molecule has 0 fully saturated rings. The van der Waals surface area contributed by atoms with Crippen molar-refractivity contribution in [2.24, 2.45) is 0 Å². The molecule has 1 N–H and O–H groups in total. The molecule has 0 aliphatic heterocycles. The van der Waals surface area contributed by atoms with Gasteiger partial charge in [-0.2, -0.15) is 0 Å². The number of hydrogen-bond acceptors (Lipinski definition) is 3. The molecule has 0 aliphatic rings. The van der Waals surface area contributed by atoms with Gasteiger partial charge in [-0.1, -0.05) is 43.3 Å². The number of ether oxygens (including phenoxy) is 1. The van der Waals surface area contributed by atoms with E-state index in [1.54, 1.807) is 19.4 Å². The molecule has 4 nitrogen and oxygen atoms in total. The number of aryl methyl sites for hydroxylation is 1. The van der Waals surface area contributed by atoms with Gasteiger partial charge in [0.05, 0.1) is 13.4 Å². The van der Waals surface area contributed by atoms with E-state index in [4.69, 9.17) is 9.15 Å². The second-order valence-electron chi connectivity index (χ2n) is 8.32. The zero-order chi connectivity index (χ0) is 22.8. The molecule has 1 atom stereocenters. The number of nitrogens with one attached hydrogen (secondary N) is 1. The van der Waals surface area contributed by atoms with Crippen molar-refractivity contribution in [3.05, 3.63) is 72.0 Å². The minimum atomic E-state index is -0.0985. The molecule has 0 radical (unpaired) electrons. The molecule has 4 heteroatoms. The third-order valence-electron chi connectivity index (χ3n) is 6.08. The van der Waals surface area contributed by atoms with Crippen LogP contribution in [0.1, 0.15) is 38.3 Å². The second kappa shape index (κ2) is 8.91. The Labute approximate surface area is 188 Å². The van der Waals surface area contributed by atoms with Crippen LogP contribution in [0.15, 0.2) is 65.3 Å². The highest BCUT2D eigenvalue weighted by molar-refractivity contribution is 6.02. The van der Waals surface area contributed by atoms with Crippen molar-refractivity contribution >= 4 is 33.2 Å². The highest BCUT2D eigenvalue weighted by Gasteiger charge is 2.19. The molecule has 1 unspecified atom stereocenters. The lowest BCUT2D eigenvalue weighted by Crippen LogP contribution is -2.30. The molecule has 32 heavy (non-hydrogen) atoms. The Bertz CT molecular complexity index is 1330. The van der Waals surface area contributed by atoms with Gasteiger partial charge in [-0.3, -0.25) is 4.79 Å². The predicted octanol–water partition coefficient (Wildman–Crippen LogP) is 6.89. The summed E-state index contributed by atoms with van der Waals surface area (Å²) in [5.41, 5.74) is 5.56. The third-order valence-corrected chi connectivity index (χ3v) is 6.08. The first-order valence-corrected chi connectivity index (χ1v) is 11.0. The topological polar surface area (TPSA) is 51.5 Å². The molecule has 0 aliphatic carbocycles. The van der Waals surface area contributed by atoms with E-state index in [1.807, 2.05) is 32.9 Å². The summed E-state index contributed by atoms with van der Waals surface area (Å²) in [5.74, 6) is 0.626. The summed E-state index contributed by atoms with van der Waals surface area (Å²) in [6.45, 7) is 7.98. The van der Waals surface area contributed by atoms with Gasteiger partial charge >= 0.3 is 0 Å². The fraction of sp³-hybridized carbons (Fsp3) is 0.250. The van der Waals surface area contributed by atoms with Gasteiger partial charge in [-0.15, -0.1) is 0 Å². The van der Waals surface area contributed by atoms with Crippen LogP contribution in [-0.2, 0) is 4.79 Å². The quantitative estimate of drug-likeness (QED) is 0.341. The lowest BCUT2D eigenvalue weighted by atomic mass is 9.95. The number of carbonyl (C=O) groups is 1. The first-order chi connectivity index (χ1) is 15.4. The van der Waals surface area contributed by atoms with E-state index in [1.165, 1.54) is 10.8 Å². The number of allylic oxidation sites excluding steroid dienone is 1. The number of furan rings is 1. The second-order valence-corrected chi connectivity index (χ2v) is 8.32. The summed E-state index contributed by atoms with van der Waals surface area (Å²) in [4.78, 5) is 12.5. The van der Waals surface area contributed by atoms with Crippen LogP contribution < -0.4 is 10.1 Å². The van der Waals surface area contributed by atoms with Gasteiger partial charge in [0.1, 0.15) is 11.3 Å². The van der Waals surface area contributed by atoms with Crippen LogP contribution in [0.4, 0.5) is 0 Å². The van der Waals surface area contributed by atoms with E-state index in [9.17, 15) is 4.79 Å². The SMILES string of the molecule is CCC(C)NC(=O)/C=C(\C)c1cc2c(-c3ccc4ccccc4c3)coc2c(C)c1OC. The number of rotatable bonds is 6. The Kier molecular flexibility index (Phi) is 6.04. The van der Waals surface area contributed by atoms with Crippen molar-refractivity contribution < 1.29 is 13.9 Å². The normalized spacial score (nSPS) is 12.8. The molecule has 164 valence electrons. The Hall–Kier alpha value is -3.53. The smallest absolute Gasteiger partial charge is 0.244 e. The van der Waals surface area contributed by atoms with Crippen molar-refractivity contribution in [2.75, 3.05) is 7.11 Å². The number of amides is 1. The molecule has 1 amide bonds. The molecule has 0 saturated heterocycles. The summed E-state index contributed by atoms with van der Waals surface area (Å²) in [7, 11) is 1.65. The Morgan fingerprint density at radius 2 is 1.91 bits per heavy atom. The van der Waals surface area contributed by atoms with E-state index in [-0.39, 0.29) is 11.9 Å². The number of benzene rings is 3. The third kappa shape index (κ3) is 4.01. The van der Waals surface area contributed by atoms with Gasteiger partial charge in [0.15, 0.2) is 0 Å². The number of methoxy groups -OCH3 is 1. The molecule has 1 aromatic heterocycles. The van der Waals surface area contributed by atoms with E-state index >= 15 is 0 Å². The monoisotopic (exact) mass is 427 g/mol. The minimum Gasteiger partial charge on any atom is -0.496 e. The summed E-state index contributed by atoms with van der Waals surface area (Å²) in [6.07, 6.45) is 4.34. The number of fused-ring (bicyclic) bond motifs is 2. The van der Waals surface area contributed by atoms with Gasteiger partial charge < -0.3 is 14.5 Å². The van der Waals surface area contributed by atoms with Crippen LogP contribution in [-0.4, -0.2) is 19.1 Å². The molecule has 0 bridgehead atoms. The number of carbonyl (C=O) groups excluding carboxylic acids is 1. The summed E-state index contributed by atoms with van der Waals surface area (Å²) >= 11 is 0. The average molecular weight is 428 g/mol. The van der Waals surface area contributed by atoms with Gasteiger partial charge in [-0.05, 0) is 61.2 Å². The molecule has 0 spiro atoms. The van der Waals surface area contributed by atoms with Gasteiger partial charge in [0, 0.05) is 34.2 Å². The number of hydrogen-bond donors (Lipinski definition) is 1. The van der Waals surface area contributed by atoms with Gasteiger partial charge in [0.2, 0.25) is 5.91 Å². The average Bonchev–Trinajstić information content (AvgIpc) is 3.22. The van der Waals surface area contributed by atoms with Gasteiger partial charge in [-0.25, -0.2) is 0 Å². The highest BCUT2D eigenvalue weighted by Crippen LogP contribution is 2.41. The van der Waals surface area contributed by atoms with E-state index < -0.39 is 0 Å². The first kappa shape index (κ1) is 21.7. The van der Waals surface area contributed by atoms with Crippen molar-refractivity contribution in [1.29, 1.82) is 0 Å². The zero-order valence-electron chi connectivity index (χ0n) is 19.3. The first-order valence-electron chi connectivity index (χ1n) is 11.0. The zero-order valence-corrected chi connectivity index (χ0v) is 19.3. The fourth-order valence-electron chi connectivity index (χ4n) is 4.11. The summed E-state index contributed by atoms with van der Waals surface area (Å²) < 4.78 is 11.7. The molecule has 3 aromatic carbocycles. The van der Waals surface area contributed by atoms with Crippen LogP contribution >= 0.6 is 0 Å². The lowest BCUT2D eigenvalue weighted by molar-refractivity contribution is -0.117. The van der Waals surface area contributed by atoms with Crippen LogP contribution in [0.3, 0.4) is 0 Å². The van der Waals surface area contributed by atoms with E-state index in [0.29, 0.717) is 0 Å². The molecular weight excluding hydrogens is 398 g/mol. The molecule has 0 saturated carbocycles. The Morgan fingerprint density at radius 3 is 2.62 bits per heavy atom. The molecule has 4 aromatic rings. The minimum absolute atomic E-state index is 0.0985. The molecular formula is C28H29NO3. The molecule has 1 heterocycles. The van der Waals surface area contributed by atoms with E-state index in [2.05, 4.69) is 48.6 Å². The largest absolute Gasteiger partial charge is 0.496 e. The van der Waals surface area contributed by atoms with Crippen molar-refractivity contribution in [1.82, 2.24) is 5.32 Å². The Balaban J connectivity index is 1.84. The van der Waals surface area contributed by atoms with Crippen molar-refractivity contribution in [3.8, 4) is 16.9 Å². The van der Waals surface area contributed by atoms with Crippen LogP contribution in [0.25, 0.3) is 38.4 Å². The van der Waals surface area contributed by atoms with Crippen LogP contribution in [0, 0.1) is 6.92 Å². The van der Waals surface area contributed by atoms with Gasteiger partial charge in [0.25, 0.3) is 0 Å².